The molecule has 1 fully saturated rings. The second kappa shape index (κ2) is 7.84. The normalized spacial score (nSPS) is 22.9. The molecular weight excluding hydrogens is 428 g/mol. The highest BCUT2D eigenvalue weighted by atomic mass is 32.2. The van der Waals surface area contributed by atoms with Crippen molar-refractivity contribution < 1.29 is 18.6 Å². The Labute approximate surface area is 177 Å². The van der Waals surface area contributed by atoms with Gasteiger partial charge in [-0.15, -0.1) is 11.3 Å². The first kappa shape index (κ1) is 21.1. The SMILES string of the molecule is CN(Cc1nc2ccsc2c(=O)[nH]1)C[C@]1(O)CN(S(=O)(=O)c2ccccc2)C[C@H]1O. The molecule has 4 rings (SSSR count). The van der Waals surface area contributed by atoms with Crippen LogP contribution < -0.4 is 5.56 Å². The van der Waals surface area contributed by atoms with Crippen molar-refractivity contribution in [3.8, 4) is 0 Å². The van der Waals surface area contributed by atoms with Crippen LogP contribution in [0.15, 0.2) is 51.5 Å². The maximum Gasteiger partial charge on any atom is 0.268 e. The molecule has 3 aromatic rings. The van der Waals surface area contributed by atoms with Crippen molar-refractivity contribution in [1.82, 2.24) is 19.2 Å². The number of thiophene rings is 1. The molecule has 0 amide bonds. The van der Waals surface area contributed by atoms with E-state index in [0.717, 1.165) is 4.31 Å². The van der Waals surface area contributed by atoms with E-state index < -0.39 is 21.7 Å². The lowest BCUT2D eigenvalue weighted by Gasteiger charge is -2.30. The van der Waals surface area contributed by atoms with Crippen LogP contribution in [-0.4, -0.2) is 76.2 Å². The van der Waals surface area contributed by atoms with E-state index in [1.807, 2.05) is 0 Å². The molecule has 2 aromatic heterocycles. The zero-order chi connectivity index (χ0) is 21.5. The Morgan fingerprint density at radius 2 is 2.07 bits per heavy atom. The number of H-pyrrole nitrogens is 1. The zero-order valence-corrected chi connectivity index (χ0v) is 17.9. The minimum absolute atomic E-state index is 0.000358. The summed E-state index contributed by atoms with van der Waals surface area (Å²) in [5.74, 6) is 0.429. The monoisotopic (exact) mass is 450 g/mol. The Morgan fingerprint density at radius 3 is 2.80 bits per heavy atom. The Balaban J connectivity index is 1.48. The smallest absolute Gasteiger partial charge is 0.268 e. The van der Waals surface area contributed by atoms with E-state index in [4.69, 9.17) is 0 Å². The third-order valence-electron chi connectivity index (χ3n) is 5.16. The number of aromatic nitrogens is 2. The van der Waals surface area contributed by atoms with Crippen LogP contribution in [0.25, 0.3) is 10.2 Å². The van der Waals surface area contributed by atoms with E-state index >= 15 is 0 Å². The second-order valence-electron chi connectivity index (χ2n) is 7.55. The molecule has 1 aromatic carbocycles. The molecule has 0 radical (unpaired) electrons. The molecule has 0 saturated carbocycles. The van der Waals surface area contributed by atoms with Gasteiger partial charge in [-0.2, -0.15) is 4.31 Å². The van der Waals surface area contributed by atoms with Crippen LogP contribution in [0.4, 0.5) is 0 Å². The molecule has 1 saturated heterocycles. The lowest BCUT2D eigenvalue weighted by molar-refractivity contribution is -0.0586. The largest absolute Gasteiger partial charge is 0.389 e. The summed E-state index contributed by atoms with van der Waals surface area (Å²) >= 11 is 1.31. The molecule has 9 nitrogen and oxygen atoms in total. The topological polar surface area (TPSA) is 127 Å². The predicted octanol–water partition coefficient (Wildman–Crippen LogP) is 0.213. The van der Waals surface area contributed by atoms with Crippen molar-refractivity contribution in [3.63, 3.8) is 0 Å². The van der Waals surface area contributed by atoms with Gasteiger partial charge < -0.3 is 15.2 Å². The Bertz CT molecular complexity index is 1210. The molecule has 0 spiro atoms. The maximum atomic E-state index is 12.8. The van der Waals surface area contributed by atoms with Crippen molar-refractivity contribution >= 4 is 31.6 Å². The first-order chi connectivity index (χ1) is 14.2. The van der Waals surface area contributed by atoms with Crippen LogP contribution in [0.1, 0.15) is 5.82 Å². The number of hydrogen-bond donors (Lipinski definition) is 3. The van der Waals surface area contributed by atoms with Gasteiger partial charge in [-0.3, -0.25) is 9.69 Å². The van der Waals surface area contributed by atoms with Crippen LogP contribution in [-0.2, 0) is 16.6 Å². The van der Waals surface area contributed by atoms with Gasteiger partial charge in [0.05, 0.1) is 23.1 Å². The van der Waals surface area contributed by atoms with E-state index in [0.29, 0.717) is 16.0 Å². The van der Waals surface area contributed by atoms with Crippen molar-refractivity contribution in [2.24, 2.45) is 0 Å². The number of aliphatic hydroxyl groups is 2. The third-order valence-corrected chi connectivity index (χ3v) is 7.88. The number of aliphatic hydroxyl groups excluding tert-OH is 1. The van der Waals surface area contributed by atoms with Gasteiger partial charge in [0, 0.05) is 19.6 Å². The fourth-order valence-electron chi connectivity index (χ4n) is 3.69. The molecule has 1 aliphatic heterocycles. The third kappa shape index (κ3) is 3.92. The van der Waals surface area contributed by atoms with Gasteiger partial charge in [-0.1, -0.05) is 18.2 Å². The molecular formula is C19H22N4O5S2. The van der Waals surface area contributed by atoms with Crippen molar-refractivity contribution in [2.75, 3.05) is 26.7 Å². The minimum Gasteiger partial charge on any atom is -0.389 e. The summed E-state index contributed by atoms with van der Waals surface area (Å²) in [5, 5.41) is 23.2. The molecule has 30 heavy (non-hydrogen) atoms. The number of sulfonamides is 1. The Hall–Kier alpha value is -2.15. The van der Waals surface area contributed by atoms with Crippen LogP contribution in [0.5, 0.6) is 0 Å². The van der Waals surface area contributed by atoms with Gasteiger partial charge in [0.2, 0.25) is 10.0 Å². The lowest BCUT2D eigenvalue weighted by atomic mass is 10.00. The number of aromatic amines is 1. The van der Waals surface area contributed by atoms with Gasteiger partial charge in [0.15, 0.2) is 0 Å². The summed E-state index contributed by atoms with van der Waals surface area (Å²) in [6.07, 6.45) is -1.25. The molecule has 0 bridgehead atoms. The number of nitrogens with zero attached hydrogens (tertiary/aromatic N) is 3. The summed E-state index contributed by atoms with van der Waals surface area (Å²) < 4.78 is 27.3. The molecule has 11 heteroatoms. The van der Waals surface area contributed by atoms with Gasteiger partial charge in [0.25, 0.3) is 5.56 Å². The van der Waals surface area contributed by atoms with Gasteiger partial charge in [-0.05, 0) is 30.6 Å². The summed E-state index contributed by atoms with van der Waals surface area (Å²) in [4.78, 5) is 21.1. The van der Waals surface area contributed by atoms with Gasteiger partial charge >= 0.3 is 0 Å². The number of nitrogens with one attached hydrogen (secondary N) is 1. The summed E-state index contributed by atoms with van der Waals surface area (Å²) in [7, 11) is -2.12. The molecule has 3 N–H and O–H groups in total. The number of β-amino-alcohol motifs (C(OH)–C–C–N with tert-alkyl or cyclic N) is 2. The fraction of sp³-hybridized carbons (Fsp3) is 0.368. The molecule has 0 aliphatic carbocycles. The highest BCUT2D eigenvalue weighted by molar-refractivity contribution is 7.89. The highest BCUT2D eigenvalue weighted by Gasteiger charge is 2.49. The van der Waals surface area contributed by atoms with Crippen molar-refractivity contribution in [2.45, 2.75) is 23.1 Å². The predicted molar refractivity (Wildman–Crippen MR) is 113 cm³/mol. The van der Waals surface area contributed by atoms with E-state index in [-0.39, 0.29) is 36.6 Å². The van der Waals surface area contributed by atoms with E-state index in [2.05, 4.69) is 9.97 Å². The first-order valence-electron chi connectivity index (χ1n) is 9.30. The van der Waals surface area contributed by atoms with Crippen molar-refractivity contribution in [3.05, 3.63) is 58.0 Å². The molecule has 0 unspecified atom stereocenters. The number of likely N-dealkylation sites (N-methyl/N-ethyl adjacent to an activating group) is 1. The van der Waals surface area contributed by atoms with Crippen LogP contribution in [0.3, 0.4) is 0 Å². The number of hydrogen-bond acceptors (Lipinski definition) is 8. The number of benzene rings is 1. The first-order valence-corrected chi connectivity index (χ1v) is 11.6. The second-order valence-corrected chi connectivity index (χ2v) is 10.4. The average Bonchev–Trinajstić information content (AvgIpc) is 3.27. The van der Waals surface area contributed by atoms with E-state index in [1.165, 1.54) is 23.5 Å². The van der Waals surface area contributed by atoms with Crippen LogP contribution in [0.2, 0.25) is 0 Å². The Kier molecular flexibility index (Phi) is 5.51. The summed E-state index contributed by atoms with van der Waals surface area (Å²) in [6.45, 7) is -0.206. The standard InChI is InChI=1S/C19H22N4O5S2/c1-22(10-16-20-14-7-8-29-17(14)18(25)21-16)11-19(26)12-23(9-15(19)24)30(27,28)13-5-3-2-4-6-13/h2-8,15,24,26H,9-12H2,1H3,(H,20,21,25)/t15-,19+/m1/s1. The zero-order valence-electron chi connectivity index (χ0n) is 16.2. The molecule has 1 aliphatic rings. The maximum absolute atomic E-state index is 12.8. The van der Waals surface area contributed by atoms with Crippen LogP contribution >= 0.6 is 11.3 Å². The molecule has 2 atom stereocenters. The fourth-order valence-corrected chi connectivity index (χ4v) is 5.95. The number of fused-ring (bicyclic) bond motifs is 1. The number of rotatable bonds is 6. The molecule has 160 valence electrons. The Morgan fingerprint density at radius 1 is 1.33 bits per heavy atom. The van der Waals surface area contributed by atoms with E-state index in [9.17, 15) is 23.4 Å². The van der Waals surface area contributed by atoms with Gasteiger partial charge in [0.1, 0.15) is 16.1 Å². The molecule has 3 heterocycles. The average molecular weight is 451 g/mol. The quantitative estimate of drug-likeness (QED) is 0.490. The van der Waals surface area contributed by atoms with Gasteiger partial charge in [-0.25, -0.2) is 13.4 Å². The van der Waals surface area contributed by atoms with Crippen molar-refractivity contribution in [1.29, 1.82) is 0 Å². The highest BCUT2D eigenvalue weighted by Crippen LogP contribution is 2.28. The summed E-state index contributed by atoms with van der Waals surface area (Å²) in [6, 6.07) is 9.69. The van der Waals surface area contributed by atoms with Crippen LogP contribution in [0, 0.1) is 0 Å². The minimum atomic E-state index is -3.82. The lowest BCUT2D eigenvalue weighted by Crippen LogP contribution is -2.50. The summed E-state index contributed by atoms with van der Waals surface area (Å²) in [5.41, 5.74) is -1.27. The van der Waals surface area contributed by atoms with E-state index in [1.54, 1.807) is 41.6 Å².